The molecule has 19 heavy (non-hydrogen) atoms. The molecule has 0 saturated carbocycles. The Labute approximate surface area is 127 Å². The number of phenols is 1. The molecule has 6 heteroatoms. The normalized spacial score (nSPS) is 12.5. The Balaban J connectivity index is 0.00000324. The zero-order valence-corrected chi connectivity index (χ0v) is 13.8. The number of halogens is 2. The Morgan fingerprint density at radius 2 is 2.00 bits per heavy atom. The molecule has 1 aromatic carbocycles. The first-order chi connectivity index (χ1) is 8.21. The van der Waals surface area contributed by atoms with E-state index in [4.69, 9.17) is 10.5 Å². The number of benzene rings is 1. The molecule has 0 saturated heterocycles. The van der Waals surface area contributed by atoms with E-state index in [1.54, 1.807) is 32.9 Å². The van der Waals surface area contributed by atoms with Crippen molar-refractivity contribution in [3.8, 4) is 5.75 Å². The lowest BCUT2D eigenvalue weighted by Gasteiger charge is -2.29. The van der Waals surface area contributed by atoms with Gasteiger partial charge in [0.2, 0.25) is 0 Å². The first-order valence-corrected chi connectivity index (χ1v) is 6.34. The lowest BCUT2D eigenvalue weighted by Crippen LogP contribution is -2.37. The fourth-order valence-corrected chi connectivity index (χ4v) is 2.37. The molecular weight excluding hydrogens is 334 g/mol. The summed E-state index contributed by atoms with van der Waals surface area (Å²) in [6.45, 7) is 5.17. The van der Waals surface area contributed by atoms with Crippen molar-refractivity contribution in [2.24, 2.45) is 11.1 Å². The summed E-state index contributed by atoms with van der Waals surface area (Å²) in [7, 11) is 1.32. The van der Waals surface area contributed by atoms with Crippen molar-refractivity contribution in [1.82, 2.24) is 0 Å². The van der Waals surface area contributed by atoms with Gasteiger partial charge in [0.05, 0.1) is 12.5 Å². The number of ether oxygens (including phenoxy) is 1. The maximum atomic E-state index is 11.7. The van der Waals surface area contributed by atoms with Crippen molar-refractivity contribution >= 4 is 34.3 Å². The number of carbonyl (C=O) groups excluding carboxylic acids is 1. The fraction of sp³-hybridized carbons (Fsp3) is 0.462. The quantitative estimate of drug-likeness (QED) is 0.820. The number of aromatic hydroxyl groups is 1. The summed E-state index contributed by atoms with van der Waals surface area (Å²) in [6, 6.07) is 2.86. The molecule has 4 nitrogen and oxygen atoms in total. The van der Waals surface area contributed by atoms with E-state index in [1.165, 1.54) is 7.11 Å². The monoisotopic (exact) mass is 351 g/mol. The van der Waals surface area contributed by atoms with Gasteiger partial charge in [-0.05, 0) is 38.5 Å². The first-order valence-electron chi connectivity index (χ1n) is 5.54. The van der Waals surface area contributed by atoms with Gasteiger partial charge >= 0.3 is 5.97 Å². The number of rotatable bonds is 3. The molecule has 0 aromatic heterocycles. The van der Waals surface area contributed by atoms with E-state index >= 15 is 0 Å². The molecule has 0 unspecified atom stereocenters. The van der Waals surface area contributed by atoms with Crippen LogP contribution in [0.15, 0.2) is 16.6 Å². The fourth-order valence-electron chi connectivity index (χ4n) is 1.78. The SMILES string of the molecule is COC(=O)C(C)(C)[C@H](N)c1cc(Br)cc(C)c1O.Cl. The second-order valence-electron chi connectivity index (χ2n) is 4.85. The minimum atomic E-state index is -0.917. The van der Waals surface area contributed by atoms with Crippen LogP contribution in [0, 0.1) is 12.3 Å². The number of esters is 1. The average molecular weight is 353 g/mol. The van der Waals surface area contributed by atoms with Crippen molar-refractivity contribution in [2.45, 2.75) is 26.8 Å². The number of methoxy groups -OCH3 is 1. The van der Waals surface area contributed by atoms with Gasteiger partial charge in [-0.3, -0.25) is 4.79 Å². The zero-order chi connectivity index (χ0) is 14.1. The van der Waals surface area contributed by atoms with Crippen molar-refractivity contribution < 1.29 is 14.6 Å². The van der Waals surface area contributed by atoms with E-state index in [0.29, 0.717) is 11.1 Å². The summed E-state index contributed by atoms with van der Waals surface area (Å²) in [4.78, 5) is 11.7. The molecule has 0 spiro atoms. The molecule has 0 aliphatic rings. The van der Waals surface area contributed by atoms with Gasteiger partial charge in [0.1, 0.15) is 5.75 Å². The van der Waals surface area contributed by atoms with Gasteiger partial charge in [-0.15, -0.1) is 12.4 Å². The third-order valence-corrected chi connectivity index (χ3v) is 3.58. The zero-order valence-electron chi connectivity index (χ0n) is 11.4. The van der Waals surface area contributed by atoms with Gasteiger partial charge in [-0.2, -0.15) is 0 Å². The number of hydrogen-bond donors (Lipinski definition) is 2. The molecular formula is C13H19BrClNO3. The summed E-state index contributed by atoms with van der Waals surface area (Å²) in [5, 5.41) is 10.1. The lowest BCUT2D eigenvalue weighted by atomic mass is 9.80. The van der Waals surface area contributed by atoms with Gasteiger partial charge in [0.15, 0.2) is 0 Å². The molecule has 0 amide bonds. The molecule has 3 N–H and O–H groups in total. The van der Waals surface area contributed by atoms with E-state index in [-0.39, 0.29) is 18.2 Å². The number of hydrogen-bond acceptors (Lipinski definition) is 4. The smallest absolute Gasteiger partial charge is 0.313 e. The standard InChI is InChI=1S/C13H18BrNO3.ClH/c1-7-5-8(14)6-9(10(7)16)11(15)13(2,3)12(17)18-4;/h5-6,11,16H,15H2,1-4H3;1H/t11-;/m1./s1. The second-order valence-corrected chi connectivity index (χ2v) is 5.77. The van der Waals surface area contributed by atoms with Crippen LogP contribution in [0.5, 0.6) is 5.75 Å². The van der Waals surface area contributed by atoms with E-state index in [1.807, 2.05) is 0 Å². The number of phenolic OH excluding ortho intramolecular Hbond substituents is 1. The van der Waals surface area contributed by atoms with E-state index < -0.39 is 17.4 Å². The van der Waals surface area contributed by atoms with Crippen LogP contribution in [-0.4, -0.2) is 18.2 Å². The third-order valence-electron chi connectivity index (χ3n) is 3.12. The van der Waals surface area contributed by atoms with Crippen molar-refractivity contribution in [3.63, 3.8) is 0 Å². The highest BCUT2D eigenvalue weighted by atomic mass is 79.9. The largest absolute Gasteiger partial charge is 0.507 e. The molecule has 0 aliphatic carbocycles. The Morgan fingerprint density at radius 3 is 2.47 bits per heavy atom. The molecule has 1 atom stereocenters. The minimum absolute atomic E-state index is 0. The van der Waals surface area contributed by atoms with Crippen LogP contribution in [0.25, 0.3) is 0 Å². The molecule has 108 valence electrons. The molecule has 1 aromatic rings. The second kappa shape index (κ2) is 6.59. The average Bonchev–Trinajstić information content (AvgIpc) is 2.31. The predicted octanol–water partition coefficient (Wildman–Crippen LogP) is 3.08. The van der Waals surface area contributed by atoms with E-state index in [0.717, 1.165) is 4.47 Å². The topological polar surface area (TPSA) is 72.5 Å². The number of carbonyl (C=O) groups is 1. The maximum Gasteiger partial charge on any atom is 0.313 e. The van der Waals surface area contributed by atoms with Gasteiger partial charge in [0, 0.05) is 16.1 Å². The van der Waals surface area contributed by atoms with E-state index in [2.05, 4.69) is 15.9 Å². The van der Waals surface area contributed by atoms with Crippen LogP contribution < -0.4 is 5.73 Å². The Hall–Kier alpha value is -0.780. The predicted molar refractivity (Wildman–Crippen MR) is 80.5 cm³/mol. The highest BCUT2D eigenvalue weighted by molar-refractivity contribution is 9.10. The molecule has 0 radical (unpaired) electrons. The molecule has 0 aliphatic heterocycles. The summed E-state index contributed by atoms with van der Waals surface area (Å²) >= 11 is 3.35. The summed E-state index contributed by atoms with van der Waals surface area (Å²) < 4.78 is 5.55. The van der Waals surface area contributed by atoms with Gasteiger partial charge < -0.3 is 15.6 Å². The van der Waals surface area contributed by atoms with Crippen LogP contribution >= 0.6 is 28.3 Å². The summed E-state index contributed by atoms with van der Waals surface area (Å²) in [5.74, 6) is -0.297. The van der Waals surface area contributed by atoms with Crippen molar-refractivity contribution in [3.05, 3.63) is 27.7 Å². The highest BCUT2D eigenvalue weighted by Gasteiger charge is 2.38. The van der Waals surface area contributed by atoms with Gasteiger partial charge in [0.25, 0.3) is 0 Å². The minimum Gasteiger partial charge on any atom is -0.507 e. The Bertz CT molecular complexity index is 477. The highest BCUT2D eigenvalue weighted by Crippen LogP contribution is 2.39. The van der Waals surface area contributed by atoms with E-state index in [9.17, 15) is 9.90 Å². The molecule has 0 bridgehead atoms. The molecule has 1 rings (SSSR count). The number of aryl methyl sites for hydroxylation is 1. The van der Waals surface area contributed by atoms with Gasteiger partial charge in [-0.25, -0.2) is 0 Å². The van der Waals surface area contributed by atoms with Crippen LogP contribution in [0.4, 0.5) is 0 Å². The first kappa shape index (κ1) is 18.2. The van der Waals surface area contributed by atoms with Crippen LogP contribution in [0.3, 0.4) is 0 Å². The van der Waals surface area contributed by atoms with Crippen LogP contribution in [-0.2, 0) is 9.53 Å². The summed E-state index contributed by atoms with van der Waals surface area (Å²) in [5.41, 5.74) is 6.42. The van der Waals surface area contributed by atoms with Crippen molar-refractivity contribution in [2.75, 3.05) is 7.11 Å². The Morgan fingerprint density at radius 1 is 1.47 bits per heavy atom. The summed E-state index contributed by atoms with van der Waals surface area (Å²) in [6.07, 6.45) is 0. The third kappa shape index (κ3) is 3.61. The molecule has 0 fully saturated rings. The Kier molecular flexibility index (Phi) is 6.32. The van der Waals surface area contributed by atoms with Gasteiger partial charge in [-0.1, -0.05) is 15.9 Å². The van der Waals surface area contributed by atoms with Crippen molar-refractivity contribution in [1.29, 1.82) is 0 Å². The maximum absolute atomic E-state index is 11.7. The lowest BCUT2D eigenvalue weighted by molar-refractivity contribution is -0.152. The molecule has 0 heterocycles. The number of nitrogens with two attached hydrogens (primary N) is 1. The van der Waals surface area contributed by atoms with Crippen LogP contribution in [0.1, 0.15) is 31.0 Å². The van der Waals surface area contributed by atoms with Crippen LogP contribution in [0.2, 0.25) is 0 Å².